The Morgan fingerprint density at radius 1 is 1.14 bits per heavy atom. The van der Waals surface area contributed by atoms with E-state index in [2.05, 4.69) is 22.6 Å². The first-order valence-electron chi connectivity index (χ1n) is 3.99. The fourth-order valence-corrected chi connectivity index (χ4v) is 0.654. The Bertz CT molecular complexity index is 253. The van der Waals surface area contributed by atoms with E-state index < -0.39 is 5.97 Å². The van der Waals surface area contributed by atoms with E-state index in [0.717, 1.165) is 12.5 Å². The summed E-state index contributed by atoms with van der Waals surface area (Å²) < 4.78 is 8.86. The monoisotopic (exact) mass is 196 g/mol. The summed E-state index contributed by atoms with van der Waals surface area (Å²) in [6.07, 6.45) is 5.47. The fraction of sp³-hybridized carbons (Fsp3) is 0.200. The zero-order valence-corrected chi connectivity index (χ0v) is 7.77. The van der Waals surface area contributed by atoms with Gasteiger partial charge in [-0.1, -0.05) is 19.2 Å². The van der Waals surface area contributed by atoms with Crippen LogP contribution >= 0.6 is 0 Å². The van der Waals surface area contributed by atoms with Crippen molar-refractivity contribution in [3.8, 4) is 0 Å². The first-order valence-corrected chi connectivity index (χ1v) is 3.99. The van der Waals surface area contributed by atoms with Gasteiger partial charge >= 0.3 is 11.9 Å². The number of esters is 2. The van der Waals surface area contributed by atoms with Crippen LogP contribution in [0.25, 0.3) is 0 Å². The molecule has 0 fully saturated rings. The lowest BCUT2D eigenvalue weighted by atomic mass is 10.3. The maximum atomic E-state index is 10.8. The Balaban J connectivity index is 3.62. The summed E-state index contributed by atoms with van der Waals surface area (Å²) in [4.78, 5) is 21.5. The van der Waals surface area contributed by atoms with E-state index in [1.165, 1.54) is 12.2 Å². The van der Waals surface area contributed by atoms with E-state index in [1.54, 1.807) is 0 Å². The molecule has 4 nitrogen and oxygen atoms in total. The summed E-state index contributed by atoms with van der Waals surface area (Å²) in [7, 11) is 0. The van der Waals surface area contributed by atoms with Gasteiger partial charge in [-0.3, -0.25) is 4.79 Å². The van der Waals surface area contributed by atoms with E-state index in [4.69, 9.17) is 0 Å². The molecule has 0 bridgehead atoms. The van der Waals surface area contributed by atoms with E-state index >= 15 is 0 Å². The van der Waals surface area contributed by atoms with Crippen molar-refractivity contribution in [1.29, 1.82) is 0 Å². The van der Waals surface area contributed by atoms with Gasteiger partial charge in [0.15, 0.2) is 0 Å². The van der Waals surface area contributed by atoms with Crippen molar-refractivity contribution in [2.75, 3.05) is 0 Å². The normalized spacial score (nSPS) is 9.43. The highest BCUT2D eigenvalue weighted by Gasteiger charge is 1.98. The van der Waals surface area contributed by atoms with Crippen LogP contribution in [0.5, 0.6) is 0 Å². The van der Waals surface area contributed by atoms with Gasteiger partial charge < -0.3 is 9.47 Å². The van der Waals surface area contributed by atoms with Gasteiger partial charge in [0.1, 0.15) is 0 Å². The maximum Gasteiger partial charge on any atom is 0.335 e. The molecule has 0 saturated carbocycles. The maximum absolute atomic E-state index is 10.8. The highest BCUT2D eigenvalue weighted by molar-refractivity contribution is 5.82. The molecule has 0 aromatic rings. The molecule has 0 aliphatic heterocycles. The second kappa shape index (κ2) is 7.79. The minimum absolute atomic E-state index is 0.198. The van der Waals surface area contributed by atoms with Crippen LogP contribution in [0.15, 0.2) is 37.8 Å². The van der Waals surface area contributed by atoms with Crippen molar-refractivity contribution < 1.29 is 19.1 Å². The van der Waals surface area contributed by atoms with E-state index in [9.17, 15) is 9.59 Å². The van der Waals surface area contributed by atoms with Crippen molar-refractivity contribution in [2.45, 2.75) is 12.8 Å². The molecule has 0 rings (SSSR count). The summed E-state index contributed by atoms with van der Waals surface area (Å²) in [5.74, 6) is -0.904. The van der Waals surface area contributed by atoms with Crippen molar-refractivity contribution in [2.24, 2.45) is 0 Å². The molecule has 0 unspecified atom stereocenters. The van der Waals surface area contributed by atoms with Crippen LogP contribution < -0.4 is 0 Å². The second-order valence-electron chi connectivity index (χ2n) is 2.20. The van der Waals surface area contributed by atoms with Crippen LogP contribution in [0.3, 0.4) is 0 Å². The third kappa shape index (κ3) is 6.84. The van der Waals surface area contributed by atoms with Crippen molar-refractivity contribution in [3.63, 3.8) is 0 Å². The van der Waals surface area contributed by atoms with Gasteiger partial charge in [-0.05, 0) is 6.42 Å². The van der Waals surface area contributed by atoms with Gasteiger partial charge in [0.25, 0.3) is 0 Å². The van der Waals surface area contributed by atoms with E-state index in [0.29, 0.717) is 6.42 Å². The predicted octanol–water partition coefficient (Wildman–Crippen LogP) is 1.70. The molecule has 4 heteroatoms. The molecule has 14 heavy (non-hydrogen) atoms. The standard InChI is InChI=1S/C10H12O4/c1-3-13-9(11)7-5-6-8-10(12)14-4-2/h3-5,7H,1-2,6,8H2. The van der Waals surface area contributed by atoms with Crippen molar-refractivity contribution >= 4 is 11.9 Å². The summed E-state index contributed by atoms with van der Waals surface area (Å²) in [5, 5.41) is 0. The Labute approximate surface area is 82.5 Å². The van der Waals surface area contributed by atoms with Crippen molar-refractivity contribution in [3.05, 3.63) is 37.8 Å². The van der Waals surface area contributed by atoms with Gasteiger partial charge in [0.05, 0.1) is 12.5 Å². The van der Waals surface area contributed by atoms with Crippen LogP contribution in [-0.4, -0.2) is 11.9 Å². The molecule has 0 atom stereocenters. The predicted molar refractivity (Wildman–Crippen MR) is 51.0 cm³/mol. The topological polar surface area (TPSA) is 52.6 Å². The number of rotatable bonds is 6. The lowest BCUT2D eigenvalue weighted by Crippen LogP contribution is -1.98. The molecule has 0 amide bonds. The molecule has 0 aromatic carbocycles. The smallest absolute Gasteiger partial charge is 0.335 e. The third-order valence-electron chi connectivity index (χ3n) is 1.18. The zero-order valence-electron chi connectivity index (χ0n) is 7.77. The lowest BCUT2D eigenvalue weighted by molar-refractivity contribution is -0.138. The van der Waals surface area contributed by atoms with Crippen LogP contribution in [-0.2, 0) is 19.1 Å². The highest BCUT2D eigenvalue weighted by atomic mass is 16.5. The highest BCUT2D eigenvalue weighted by Crippen LogP contribution is 1.95. The summed E-state index contributed by atoms with van der Waals surface area (Å²) in [6.45, 7) is 6.45. The van der Waals surface area contributed by atoms with Gasteiger partial charge in [-0.15, -0.1) is 0 Å². The van der Waals surface area contributed by atoms with Gasteiger partial charge in [-0.2, -0.15) is 0 Å². The molecular formula is C10H12O4. The van der Waals surface area contributed by atoms with Gasteiger partial charge in [0, 0.05) is 12.5 Å². The molecule has 0 spiro atoms. The summed E-state index contributed by atoms with van der Waals surface area (Å²) in [5.41, 5.74) is 0. The molecule has 76 valence electrons. The number of carbonyl (C=O) groups is 2. The number of carbonyl (C=O) groups excluding carboxylic acids is 2. The van der Waals surface area contributed by atoms with Crippen LogP contribution in [0.1, 0.15) is 12.8 Å². The lowest BCUT2D eigenvalue weighted by Gasteiger charge is -1.94. The molecule has 0 aliphatic carbocycles. The van der Waals surface area contributed by atoms with Crippen LogP contribution in [0.2, 0.25) is 0 Å². The SMILES string of the molecule is C=COC(=O)C=CCCC(=O)OC=C. The number of ether oxygens (including phenoxy) is 2. The number of hydrogen-bond acceptors (Lipinski definition) is 4. The molecular weight excluding hydrogens is 184 g/mol. The van der Waals surface area contributed by atoms with Gasteiger partial charge in [-0.25, -0.2) is 4.79 Å². The molecule has 0 radical (unpaired) electrons. The molecule has 0 saturated heterocycles. The van der Waals surface area contributed by atoms with Crippen LogP contribution in [0.4, 0.5) is 0 Å². The first kappa shape index (κ1) is 12.2. The second-order valence-corrected chi connectivity index (χ2v) is 2.20. The molecule has 0 N–H and O–H groups in total. The largest absolute Gasteiger partial charge is 0.435 e. The molecule has 0 aromatic heterocycles. The zero-order chi connectivity index (χ0) is 10.8. The molecule has 0 aliphatic rings. The average molecular weight is 196 g/mol. The quantitative estimate of drug-likeness (QED) is 0.368. The number of hydrogen-bond donors (Lipinski definition) is 0. The van der Waals surface area contributed by atoms with Crippen LogP contribution in [0, 0.1) is 0 Å². The third-order valence-corrected chi connectivity index (χ3v) is 1.18. The number of allylic oxidation sites excluding steroid dienone is 1. The first-order chi connectivity index (χ1) is 6.70. The Hall–Kier alpha value is -1.84. The minimum Gasteiger partial charge on any atom is -0.435 e. The van der Waals surface area contributed by atoms with E-state index in [-0.39, 0.29) is 12.4 Å². The fourth-order valence-electron chi connectivity index (χ4n) is 0.654. The Kier molecular flexibility index (Phi) is 6.77. The van der Waals surface area contributed by atoms with Crippen molar-refractivity contribution in [1.82, 2.24) is 0 Å². The Morgan fingerprint density at radius 2 is 1.79 bits per heavy atom. The van der Waals surface area contributed by atoms with E-state index in [1.807, 2.05) is 0 Å². The minimum atomic E-state index is -0.517. The average Bonchev–Trinajstić information content (AvgIpc) is 2.13. The summed E-state index contributed by atoms with van der Waals surface area (Å²) >= 11 is 0. The molecule has 0 heterocycles. The Morgan fingerprint density at radius 3 is 2.36 bits per heavy atom. The summed E-state index contributed by atoms with van der Waals surface area (Å²) in [6, 6.07) is 0. The van der Waals surface area contributed by atoms with Gasteiger partial charge in [0.2, 0.25) is 0 Å².